The average molecular weight is 442 g/mol. The molecule has 0 saturated heterocycles. The average Bonchev–Trinajstić information content (AvgIpc) is 2.31. The molecule has 0 heterocycles. The van der Waals surface area contributed by atoms with E-state index < -0.39 is 54.0 Å². The highest BCUT2D eigenvalue weighted by Gasteiger charge is 2.72. The molecule has 18 heteroatoms. The highest BCUT2D eigenvalue weighted by Crippen LogP contribution is 2.48. The van der Waals surface area contributed by atoms with Crippen LogP contribution in [-0.4, -0.2) is 48.1 Å². The standard InChI is InChI=1S/C9H2F16N2/c10-4(11,8(20,21)22)2(1(6(14,15)16)7(17,18)19)27-3(26)5(12,13)9(23,24)25/h1,26H. The van der Waals surface area contributed by atoms with Crippen molar-refractivity contribution < 1.29 is 70.2 Å². The molecule has 0 saturated carbocycles. The van der Waals surface area contributed by atoms with Gasteiger partial charge in [0.1, 0.15) is 5.71 Å². The van der Waals surface area contributed by atoms with E-state index in [9.17, 15) is 70.2 Å². The molecule has 0 radical (unpaired) electrons. The zero-order valence-corrected chi connectivity index (χ0v) is 11.6. The maximum atomic E-state index is 13.1. The fraction of sp³-hybridized carbons (Fsp3) is 0.778. The third kappa shape index (κ3) is 5.14. The number of hydrogen-bond donors (Lipinski definition) is 1. The Bertz CT molecular complexity index is 571. The fourth-order valence-electron chi connectivity index (χ4n) is 1.28. The van der Waals surface area contributed by atoms with Gasteiger partial charge >= 0.3 is 36.6 Å². The van der Waals surface area contributed by atoms with Gasteiger partial charge in [-0.3, -0.25) is 5.41 Å². The molecule has 0 aromatic heterocycles. The molecule has 0 atom stereocenters. The zero-order chi connectivity index (χ0) is 22.4. The van der Waals surface area contributed by atoms with E-state index in [2.05, 4.69) is 0 Å². The third-order valence-electron chi connectivity index (χ3n) is 2.49. The summed E-state index contributed by atoms with van der Waals surface area (Å²) in [6.07, 6.45) is -28.4. The van der Waals surface area contributed by atoms with E-state index in [0.29, 0.717) is 0 Å². The van der Waals surface area contributed by atoms with Gasteiger partial charge in [-0.25, -0.2) is 4.99 Å². The predicted molar refractivity (Wildman–Crippen MR) is 52.8 cm³/mol. The molecule has 0 amide bonds. The fourth-order valence-corrected chi connectivity index (χ4v) is 1.28. The van der Waals surface area contributed by atoms with Crippen molar-refractivity contribution in [3.05, 3.63) is 0 Å². The Morgan fingerprint density at radius 1 is 0.556 bits per heavy atom. The van der Waals surface area contributed by atoms with Crippen molar-refractivity contribution in [3.8, 4) is 0 Å². The minimum absolute atomic E-state index is 0.806. The molecule has 27 heavy (non-hydrogen) atoms. The van der Waals surface area contributed by atoms with Crippen molar-refractivity contribution in [1.82, 2.24) is 0 Å². The molecule has 0 bridgehead atoms. The molecule has 160 valence electrons. The molecule has 0 fully saturated rings. The maximum Gasteiger partial charge on any atom is 0.461 e. The first kappa shape index (κ1) is 25.2. The molecule has 0 aromatic carbocycles. The highest BCUT2D eigenvalue weighted by atomic mass is 19.4. The molecule has 0 unspecified atom stereocenters. The zero-order valence-electron chi connectivity index (χ0n) is 11.6. The monoisotopic (exact) mass is 442 g/mol. The maximum absolute atomic E-state index is 13.1. The molecule has 1 N–H and O–H groups in total. The molecule has 0 aromatic rings. The number of nitrogens with zero attached hydrogens (tertiary/aromatic N) is 1. The van der Waals surface area contributed by atoms with Crippen LogP contribution >= 0.6 is 0 Å². The van der Waals surface area contributed by atoms with E-state index in [1.807, 2.05) is 0 Å². The SMILES string of the molecule is N=C(N=C(C(C(F)(F)F)C(F)(F)F)C(F)(F)C(F)(F)F)C(F)(F)C(F)(F)F. The number of amidine groups is 1. The van der Waals surface area contributed by atoms with Crippen LogP contribution < -0.4 is 0 Å². The van der Waals surface area contributed by atoms with Gasteiger partial charge in [0.25, 0.3) is 0 Å². The van der Waals surface area contributed by atoms with Gasteiger partial charge in [-0.15, -0.1) is 0 Å². The Morgan fingerprint density at radius 2 is 0.852 bits per heavy atom. The lowest BCUT2D eigenvalue weighted by molar-refractivity contribution is -0.280. The highest BCUT2D eigenvalue weighted by molar-refractivity contribution is 6.05. The van der Waals surface area contributed by atoms with Gasteiger partial charge in [-0.1, -0.05) is 0 Å². The smallest absolute Gasteiger partial charge is 0.281 e. The molecule has 0 aliphatic heterocycles. The topological polar surface area (TPSA) is 36.2 Å². The van der Waals surface area contributed by atoms with Crippen LogP contribution in [0.2, 0.25) is 0 Å². The summed E-state index contributed by atoms with van der Waals surface area (Å²) >= 11 is 0. The second-order valence-electron chi connectivity index (χ2n) is 4.51. The van der Waals surface area contributed by atoms with Crippen molar-refractivity contribution >= 4 is 11.5 Å². The summed E-state index contributed by atoms with van der Waals surface area (Å²) in [4.78, 5) is 0.806. The third-order valence-corrected chi connectivity index (χ3v) is 2.49. The van der Waals surface area contributed by atoms with Gasteiger partial charge in [0.15, 0.2) is 5.92 Å². The normalized spacial score (nSPS) is 16.1. The number of hydrogen-bond acceptors (Lipinski definition) is 1. The van der Waals surface area contributed by atoms with Crippen molar-refractivity contribution in [3.63, 3.8) is 0 Å². The van der Waals surface area contributed by atoms with Gasteiger partial charge < -0.3 is 0 Å². The van der Waals surface area contributed by atoms with Crippen molar-refractivity contribution in [1.29, 1.82) is 5.41 Å². The van der Waals surface area contributed by atoms with Gasteiger partial charge in [0.2, 0.25) is 5.84 Å². The summed E-state index contributed by atoms with van der Waals surface area (Å²) < 4.78 is 198. The van der Waals surface area contributed by atoms with E-state index in [1.54, 1.807) is 0 Å². The molecular weight excluding hydrogens is 440 g/mol. The number of rotatable bonds is 3. The Kier molecular flexibility index (Phi) is 6.24. The lowest BCUT2D eigenvalue weighted by Crippen LogP contribution is -2.56. The Labute approximate surface area is 136 Å². The Morgan fingerprint density at radius 3 is 1.07 bits per heavy atom. The minimum atomic E-state index is -7.31. The minimum Gasteiger partial charge on any atom is -0.281 e. The van der Waals surface area contributed by atoms with E-state index in [0.717, 1.165) is 4.99 Å². The van der Waals surface area contributed by atoms with Gasteiger partial charge in [0, 0.05) is 0 Å². The van der Waals surface area contributed by atoms with Crippen molar-refractivity contribution in [2.75, 3.05) is 0 Å². The second-order valence-corrected chi connectivity index (χ2v) is 4.51. The Hall–Kier alpha value is -1.78. The second kappa shape index (κ2) is 6.68. The number of aliphatic imine (C=N–C) groups is 1. The quantitative estimate of drug-likeness (QED) is 0.339. The first-order valence-corrected chi connectivity index (χ1v) is 5.59. The molecule has 0 aliphatic rings. The van der Waals surface area contributed by atoms with Crippen LogP contribution in [-0.2, 0) is 0 Å². The molecule has 2 nitrogen and oxygen atoms in total. The van der Waals surface area contributed by atoms with E-state index >= 15 is 0 Å². The molecule has 0 spiro atoms. The van der Waals surface area contributed by atoms with Crippen LogP contribution in [0.25, 0.3) is 0 Å². The summed E-state index contributed by atoms with van der Waals surface area (Å²) in [6.45, 7) is 0. The number of alkyl halides is 16. The summed E-state index contributed by atoms with van der Waals surface area (Å²) in [6, 6.07) is 0. The summed E-state index contributed by atoms with van der Waals surface area (Å²) in [7, 11) is 0. The van der Waals surface area contributed by atoms with Crippen molar-refractivity contribution in [2.24, 2.45) is 10.9 Å². The van der Waals surface area contributed by atoms with E-state index in [1.165, 1.54) is 0 Å². The lowest BCUT2D eigenvalue weighted by atomic mass is 9.95. The van der Waals surface area contributed by atoms with Crippen LogP contribution in [0.5, 0.6) is 0 Å². The van der Waals surface area contributed by atoms with Crippen LogP contribution in [0.4, 0.5) is 70.2 Å². The first-order valence-electron chi connectivity index (χ1n) is 5.59. The van der Waals surface area contributed by atoms with Crippen LogP contribution in [0.15, 0.2) is 4.99 Å². The number of halogens is 16. The van der Waals surface area contributed by atoms with Gasteiger partial charge in [0.05, 0.1) is 0 Å². The van der Waals surface area contributed by atoms with Crippen LogP contribution in [0, 0.1) is 11.3 Å². The van der Waals surface area contributed by atoms with E-state index in [4.69, 9.17) is 5.41 Å². The first-order chi connectivity index (χ1) is 11.4. The summed E-state index contributed by atoms with van der Waals surface area (Å²) in [5.74, 6) is -23.8. The van der Waals surface area contributed by atoms with Gasteiger partial charge in [-0.2, -0.15) is 70.2 Å². The molecule has 0 aliphatic carbocycles. The van der Waals surface area contributed by atoms with Crippen molar-refractivity contribution in [2.45, 2.75) is 36.6 Å². The molecule has 0 rings (SSSR count). The van der Waals surface area contributed by atoms with Gasteiger partial charge in [-0.05, 0) is 0 Å². The van der Waals surface area contributed by atoms with E-state index in [-0.39, 0.29) is 0 Å². The largest absolute Gasteiger partial charge is 0.461 e. The lowest BCUT2D eigenvalue weighted by Gasteiger charge is -2.30. The van der Waals surface area contributed by atoms with Crippen LogP contribution in [0.1, 0.15) is 0 Å². The number of nitrogens with one attached hydrogen (secondary N) is 1. The predicted octanol–water partition coefficient (Wildman–Crippen LogP) is 5.54. The Balaban J connectivity index is 6.89. The van der Waals surface area contributed by atoms with Crippen LogP contribution in [0.3, 0.4) is 0 Å². The molecular formula is C9H2F16N2. The summed E-state index contributed by atoms with van der Waals surface area (Å²) in [5.41, 5.74) is -4.51. The summed E-state index contributed by atoms with van der Waals surface area (Å²) in [5, 5.41) is 6.07.